The summed E-state index contributed by atoms with van der Waals surface area (Å²) >= 11 is 0. The maximum atomic E-state index is 10.9. The molecule has 76 valence electrons. The lowest BCUT2D eigenvalue weighted by Crippen LogP contribution is -2.25. The van der Waals surface area contributed by atoms with Gasteiger partial charge in [0.15, 0.2) is 0 Å². The molecular weight excluding hydrogens is 168 g/mol. The van der Waals surface area contributed by atoms with E-state index in [0.29, 0.717) is 18.4 Å². The number of carbonyl (C=O) groups excluding carboxylic acids is 1. The first-order valence-corrected chi connectivity index (χ1v) is 4.44. The van der Waals surface area contributed by atoms with Crippen LogP contribution >= 0.6 is 0 Å². The second-order valence-electron chi connectivity index (χ2n) is 3.52. The minimum absolute atomic E-state index is 0.243. The number of carbonyl (C=O) groups is 1. The van der Waals surface area contributed by atoms with Crippen LogP contribution in [0.5, 0.6) is 0 Å². The summed E-state index contributed by atoms with van der Waals surface area (Å²) in [6.45, 7) is 8.91. The predicted octanol–water partition coefficient (Wildman–Crippen LogP) is 1.66. The van der Waals surface area contributed by atoms with E-state index in [4.69, 9.17) is 4.74 Å². The van der Waals surface area contributed by atoms with Gasteiger partial charge in [-0.05, 0) is 20.3 Å². The lowest BCUT2D eigenvalue weighted by molar-refractivity contribution is -0.140. The number of hydrogen-bond donors (Lipinski definition) is 1. The highest BCUT2D eigenvalue weighted by molar-refractivity contribution is 5.86. The molecule has 0 saturated carbocycles. The molecule has 0 rings (SSSR count). The molecule has 0 aliphatic carbocycles. The second-order valence-corrected chi connectivity index (χ2v) is 3.52. The van der Waals surface area contributed by atoms with Crippen molar-refractivity contribution >= 4 is 5.97 Å². The van der Waals surface area contributed by atoms with Crippen LogP contribution in [0.4, 0.5) is 0 Å². The molecular formula is C10H18O3. The van der Waals surface area contributed by atoms with E-state index in [9.17, 15) is 9.90 Å². The Hall–Kier alpha value is -0.830. The molecule has 13 heavy (non-hydrogen) atoms. The number of rotatable bonds is 5. The molecule has 3 heteroatoms. The highest BCUT2D eigenvalue weighted by atomic mass is 16.5. The molecule has 0 aliphatic heterocycles. The van der Waals surface area contributed by atoms with Crippen molar-refractivity contribution in [1.82, 2.24) is 0 Å². The van der Waals surface area contributed by atoms with Crippen LogP contribution in [-0.4, -0.2) is 23.3 Å². The van der Waals surface area contributed by atoms with Crippen molar-refractivity contribution in [3.05, 3.63) is 12.2 Å². The molecule has 0 saturated heterocycles. The van der Waals surface area contributed by atoms with E-state index in [1.807, 2.05) is 6.92 Å². The Labute approximate surface area is 79.4 Å². The second kappa shape index (κ2) is 5.02. The largest absolute Gasteiger partial charge is 0.462 e. The molecule has 0 fully saturated rings. The van der Waals surface area contributed by atoms with Crippen LogP contribution in [0, 0.1) is 0 Å². The van der Waals surface area contributed by atoms with Crippen molar-refractivity contribution in [2.45, 2.75) is 39.2 Å². The van der Waals surface area contributed by atoms with Crippen molar-refractivity contribution in [3.8, 4) is 0 Å². The SMILES string of the molecule is C=C(C)C(=O)OCCC(C)(O)CC. The van der Waals surface area contributed by atoms with E-state index in [2.05, 4.69) is 6.58 Å². The lowest BCUT2D eigenvalue weighted by Gasteiger charge is -2.20. The molecule has 0 amide bonds. The Morgan fingerprint density at radius 2 is 2.15 bits per heavy atom. The van der Waals surface area contributed by atoms with E-state index in [1.54, 1.807) is 13.8 Å². The van der Waals surface area contributed by atoms with Gasteiger partial charge in [-0.1, -0.05) is 13.5 Å². The number of hydrogen-bond acceptors (Lipinski definition) is 3. The quantitative estimate of drug-likeness (QED) is 0.524. The molecule has 0 radical (unpaired) electrons. The van der Waals surface area contributed by atoms with Crippen LogP contribution < -0.4 is 0 Å². The average molecular weight is 186 g/mol. The van der Waals surface area contributed by atoms with E-state index >= 15 is 0 Å². The highest BCUT2D eigenvalue weighted by Crippen LogP contribution is 2.13. The molecule has 0 aromatic rings. The first-order chi connectivity index (χ1) is 5.89. The van der Waals surface area contributed by atoms with Gasteiger partial charge in [-0.15, -0.1) is 0 Å². The predicted molar refractivity (Wildman–Crippen MR) is 51.3 cm³/mol. The van der Waals surface area contributed by atoms with Gasteiger partial charge < -0.3 is 9.84 Å². The van der Waals surface area contributed by atoms with Crippen LogP contribution in [0.3, 0.4) is 0 Å². The third-order valence-corrected chi connectivity index (χ3v) is 1.98. The highest BCUT2D eigenvalue weighted by Gasteiger charge is 2.17. The summed E-state index contributed by atoms with van der Waals surface area (Å²) in [4.78, 5) is 10.9. The van der Waals surface area contributed by atoms with Crippen molar-refractivity contribution in [2.75, 3.05) is 6.61 Å². The molecule has 0 aromatic carbocycles. The Kier molecular flexibility index (Phi) is 4.70. The van der Waals surface area contributed by atoms with E-state index in [-0.39, 0.29) is 6.61 Å². The topological polar surface area (TPSA) is 46.5 Å². The monoisotopic (exact) mass is 186 g/mol. The van der Waals surface area contributed by atoms with Crippen LogP contribution in [-0.2, 0) is 9.53 Å². The van der Waals surface area contributed by atoms with E-state index < -0.39 is 11.6 Å². The van der Waals surface area contributed by atoms with Gasteiger partial charge in [0.05, 0.1) is 12.2 Å². The minimum atomic E-state index is -0.741. The van der Waals surface area contributed by atoms with Crippen LogP contribution in [0.2, 0.25) is 0 Å². The number of esters is 1. The summed E-state index contributed by atoms with van der Waals surface area (Å²) in [6.07, 6.45) is 1.11. The normalized spacial score (nSPS) is 14.8. The average Bonchev–Trinajstić information content (AvgIpc) is 2.04. The third-order valence-electron chi connectivity index (χ3n) is 1.98. The Morgan fingerprint density at radius 1 is 1.62 bits per heavy atom. The third kappa shape index (κ3) is 5.42. The van der Waals surface area contributed by atoms with Gasteiger partial charge in [0, 0.05) is 12.0 Å². The summed E-state index contributed by atoms with van der Waals surface area (Å²) in [5.74, 6) is -0.396. The summed E-state index contributed by atoms with van der Waals surface area (Å²) in [5, 5.41) is 9.56. The van der Waals surface area contributed by atoms with Gasteiger partial charge in [-0.25, -0.2) is 4.79 Å². The summed E-state index contributed by atoms with van der Waals surface area (Å²) in [6, 6.07) is 0. The zero-order valence-electron chi connectivity index (χ0n) is 8.59. The smallest absolute Gasteiger partial charge is 0.333 e. The molecule has 1 atom stereocenters. The molecule has 0 bridgehead atoms. The molecule has 0 aromatic heterocycles. The standard InChI is InChI=1S/C10H18O3/c1-5-10(4,12)6-7-13-9(11)8(2)3/h12H,2,5-7H2,1,3-4H3. The molecule has 1 N–H and O–H groups in total. The zero-order chi connectivity index (χ0) is 10.5. The van der Waals surface area contributed by atoms with Crippen molar-refractivity contribution in [2.24, 2.45) is 0 Å². The Balaban J connectivity index is 3.68. The first-order valence-electron chi connectivity index (χ1n) is 4.44. The fourth-order valence-corrected chi connectivity index (χ4v) is 0.664. The van der Waals surface area contributed by atoms with Gasteiger partial charge >= 0.3 is 5.97 Å². The van der Waals surface area contributed by atoms with Gasteiger partial charge in [0.1, 0.15) is 0 Å². The van der Waals surface area contributed by atoms with Gasteiger partial charge in [-0.3, -0.25) is 0 Å². The van der Waals surface area contributed by atoms with Crippen LogP contribution in [0.15, 0.2) is 12.2 Å². The van der Waals surface area contributed by atoms with Gasteiger partial charge in [-0.2, -0.15) is 0 Å². The summed E-state index contributed by atoms with van der Waals surface area (Å²) in [7, 11) is 0. The molecule has 0 spiro atoms. The van der Waals surface area contributed by atoms with E-state index in [1.165, 1.54) is 0 Å². The van der Waals surface area contributed by atoms with Gasteiger partial charge in [0.25, 0.3) is 0 Å². The fourth-order valence-electron chi connectivity index (χ4n) is 0.664. The number of ether oxygens (including phenoxy) is 1. The maximum absolute atomic E-state index is 10.9. The molecule has 0 heterocycles. The minimum Gasteiger partial charge on any atom is -0.462 e. The van der Waals surface area contributed by atoms with E-state index in [0.717, 1.165) is 0 Å². The molecule has 3 nitrogen and oxygen atoms in total. The van der Waals surface area contributed by atoms with Crippen LogP contribution in [0.25, 0.3) is 0 Å². The first kappa shape index (κ1) is 12.2. The van der Waals surface area contributed by atoms with Crippen LogP contribution in [0.1, 0.15) is 33.6 Å². The lowest BCUT2D eigenvalue weighted by atomic mass is 10.0. The van der Waals surface area contributed by atoms with Gasteiger partial charge in [0.2, 0.25) is 0 Å². The summed E-state index contributed by atoms with van der Waals surface area (Å²) in [5.41, 5.74) is -0.355. The zero-order valence-corrected chi connectivity index (χ0v) is 8.59. The molecule has 0 aliphatic rings. The number of aliphatic hydroxyl groups is 1. The Morgan fingerprint density at radius 3 is 2.54 bits per heavy atom. The van der Waals surface area contributed by atoms with Crippen molar-refractivity contribution in [3.63, 3.8) is 0 Å². The van der Waals surface area contributed by atoms with Crippen molar-refractivity contribution < 1.29 is 14.6 Å². The fraction of sp³-hybridized carbons (Fsp3) is 0.700. The molecule has 1 unspecified atom stereocenters. The Bertz CT molecular complexity index is 194. The summed E-state index contributed by atoms with van der Waals surface area (Å²) < 4.78 is 4.84. The maximum Gasteiger partial charge on any atom is 0.333 e. The van der Waals surface area contributed by atoms with Crippen molar-refractivity contribution in [1.29, 1.82) is 0 Å².